The number of para-hydroxylation sites is 1. The van der Waals surface area contributed by atoms with E-state index in [-0.39, 0.29) is 5.91 Å². The summed E-state index contributed by atoms with van der Waals surface area (Å²) in [7, 11) is 3.44. The van der Waals surface area contributed by atoms with E-state index in [0.717, 1.165) is 10.9 Å². The van der Waals surface area contributed by atoms with Crippen LogP contribution in [0.25, 0.3) is 10.9 Å². The van der Waals surface area contributed by atoms with E-state index in [9.17, 15) is 4.79 Å². The van der Waals surface area contributed by atoms with Gasteiger partial charge in [-0.3, -0.25) is 4.79 Å². The fourth-order valence-electron chi connectivity index (χ4n) is 1.41. The van der Waals surface area contributed by atoms with Gasteiger partial charge in [-0.2, -0.15) is 0 Å². The van der Waals surface area contributed by atoms with Gasteiger partial charge in [0, 0.05) is 19.5 Å². The predicted octanol–water partition coefficient (Wildman–Crippen LogP) is 1.94. The van der Waals surface area contributed by atoms with E-state index in [0.29, 0.717) is 5.69 Å². The molecule has 0 aliphatic rings. The van der Waals surface area contributed by atoms with Gasteiger partial charge in [-0.15, -0.1) is 0 Å². The second-order valence-electron chi connectivity index (χ2n) is 3.59. The third-order valence-electron chi connectivity index (χ3n) is 2.22. The molecule has 0 bridgehead atoms. The fourth-order valence-corrected chi connectivity index (χ4v) is 1.41. The first-order chi connectivity index (χ1) is 7.18. The van der Waals surface area contributed by atoms with Gasteiger partial charge in [-0.1, -0.05) is 24.3 Å². The lowest BCUT2D eigenvalue weighted by Crippen LogP contribution is -2.22. The second-order valence-corrected chi connectivity index (χ2v) is 3.59. The Kier molecular flexibility index (Phi) is 2.37. The largest absolute Gasteiger partial charge is 0.343 e. The van der Waals surface area contributed by atoms with Gasteiger partial charge in [0.25, 0.3) is 5.91 Å². The Morgan fingerprint density at radius 1 is 1.13 bits per heavy atom. The first-order valence-corrected chi connectivity index (χ1v) is 4.76. The molecule has 0 atom stereocenters. The molecule has 0 aliphatic heterocycles. The van der Waals surface area contributed by atoms with E-state index in [1.807, 2.05) is 30.3 Å². The highest BCUT2D eigenvalue weighted by atomic mass is 16.2. The third-order valence-corrected chi connectivity index (χ3v) is 2.22. The summed E-state index contributed by atoms with van der Waals surface area (Å²) in [4.78, 5) is 17.5. The number of aromatic nitrogens is 1. The Hall–Kier alpha value is -1.90. The van der Waals surface area contributed by atoms with Crippen LogP contribution in [0.15, 0.2) is 36.4 Å². The van der Waals surface area contributed by atoms with Gasteiger partial charge in [0.15, 0.2) is 0 Å². The highest BCUT2D eigenvalue weighted by molar-refractivity contribution is 5.94. The SMILES string of the molecule is CN(C)C(=O)c1ccc2ccccc2n1. The van der Waals surface area contributed by atoms with Crippen molar-refractivity contribution in [3.05, 3.63) is 42.1 Å². The van der Waals surface area contributed by atoms with Crippen LogP contribution in [0, 0.1) is 0 Å². The lowest BCUT2D eigenvalue weighted by molar-refractivity contribution is 0.0822. The van der Waals surface area contributed by atoms with Crippen LogP contribution in [0.1, 0.15) is 10.5 Å². The maximum Gasteiger partial charge on any atom is 0.271 e. The molecule has 0 saturated carbocycles. The number of carbonyl (C=O) groups excluding carboxylic acids is 1. The second kappa shape index (κ2) is 3.69. The van der Waals surface area contributed by atoms with Crippen molar-refractivity contribution in [2.75, 3.05) is 14.1 Å². The lowest BCUT2D eigenvalue weighted by Gasteiger charge is -2.09. The molecule has 1 amide bonds. The van der Waals surface area contributed by atoms with E-state index in [2.05, 4.69) is 4.98 Å². The molecule has 0 aliphatic carbocycles. The molecule has 0 unspecified atom stereocenters. The van der Waals surface area contributed by atoms with Crippen LogP contribution < -0.4 is 0 Å². The van der Waals surface area contributed by atoms with Gasteiger partial charge in [0.1, 0.15) is 5.69 Å². The molecule has 2 rings (SSSR count). The molecule has 1 heterocycles. The van der Waals surface area contributed by atoms with Crippen LogP contribution in [0.4, 0.5) is 0 Å². The number of hydrogen-bond donors (Lipinski definition) is 0. The minimum absolute atomic E-state index is 0.0687. The van der Waals surface area contributed by atoms with E-state index < -0.39 is 0 Å². The Labute approximate surface area is 88.3 Å². The molecular weight excluding hydrogens is 188 g/mol. The average molecular weight is 200 g/mol. The number of hydrogen-bond acceptors (Lipinski definition) is 2. The molecule has 0 N–H and O–H groups in total. The third kappa shape index (κ3) is 1.81. The number of nitrogens with zero attached hydrogens (tertiary/aromatic N) is 2. The van der Waals surface area contributed by atoms with Crippen molar-refractivity contribution in [1.82, 2.24) is 9.88 Å². The van der Waals surface area contributed by atoms with Crippen molar-refractivity contribution in [1.29, 1.82) is 0 Å². The van der Waals surface area contributed by atoms with Crippen LogP contribution in [-0.4, -0.2) is 29.9 Å². The molecular formula is C12H12N2O. The number of carbonyl (C=O) groups is 1. The summed E-state index contributed by atoms with van der Waals surface area (Å²) in [6.07, 6.45) is 0. The molecule has 0 fully saturated rings. The fraction of sp³-hybridized carbons (Fsp3) is 0.167. The van der Waals surface area contributed by atoms with Crippen molar-refractivity contribution in [3.63, 3.8) is 0 Å². The molecule has 1 aromatic carbocycles. The standard InChI is InChI=1S/C12H12N2O/c1-14(2)12(15)11-8-7-9-5-3-4-6-10(9)13-11/h3-8H,1-2H3. The zero-order valence-electron chi connectivity index (χ0n) is 8.77. The van der Waals surface area contributed by atoms with Gasteiger partial charge in [-0.25, -0.2) is 4.98 Å². The average Bonchev–Trinajstić information content (AvgIpc) is 2.27. The van der Waals surface area contributed by atoms with Crippen LogP contribution in [0.3, 0.4) is 0 Å². The van der Waals surface area contributed by atoms with Crippen molar-refractivity contribution < 1.29 is 4.79 Å². The van der Waals surface area contributed by atoms with Crippen molar-refractivity contribution in [2.24, 2.45) is 0 Å². The molecule has 0 saturated heterocycles. The van der Waals surface area contributed by atoms with Crippen LogP contribution in [0.2, 0.25) is 0 Å². The molecule has 3 heteroatoms. The molecule has 15 heavy (non-hydrogen) atoms. The molecule has 3 nitrogen and oxygen atoms in total. The van der Waals surface area contributed by atoms with Gasteiger partial charge >= 0.3 is 0 Å². The van der Waals surface area contributed by atoms with Crippen molar-refractivity contribution in [3.8, 4) is 0 Å². The highest BCUT2D eigenvalue weighted by Gasteiger charge is 2.09. The Morgan fingerprint density at radius 2 is 1.87 bits per heavy atom. The number of rotatable bonds is 1. The van der Waals surface area contributed by atoms with Gasteiger partial charge in [0.05, 0.1) is 5.52 Å². The Balaban J connectivity index is 2.52. The van der Waals surface area contributed by atoms with E-state index >= 15 is 0 Å². The zero-order valence-corrected chi connectivity index (χ0v) is 8.77. The molecule has 0 radical (unpaired) electrons. The minimum atomic E-state index is -0.0687. The summed E-state index contributed by atoms with van der Waals surface area (Å²) in [5, 5.41) is 1.05. The quantitative estimate of drug-likeness (QED) is 0.704. The summed E-state index contributed by atoms with van der Waals surface area (Å²) < 4.78 is 0. The van der Waals surface area contributed by atoms with E-state index in [1.54, 1.807) is 20.2 Å². The molecule has 76 valence electrons. The monoisotopic (exact) mass is 200 g/mol. The van der Waals surface area contributed by atoms with E-state index in [1.165, 1.54) is 4.90 Å². The van der Waals surface area contributed by atoms with Crippen molar-refractivity contribution >= 4 is 16.8 Å². The van der Waals surface area contributed by atoms with E-state index in [4.69, 9.17) is 0 Å². The predicted molar refractivity (Wildman–Crippen MR) is 59.8 cm³/mol. The molecule has 1 aromatic heterocycles. The smallest absolute Gasteiger partial charge is 0.271 e. The van der Waals surface area contributed by atoms with Crippen LogP contribution >= 0.6 is 0 Å². The Morgan fingerprint density at radius 3 is 2.60 bits per heavy atom. The van der Waals surface area contributed by atoms with Gasteiger partial charge in [0.2, 0.25) is 0 Å². The first-order valence-electron chi connectivity index (χ1n) is 4.76. The number of amides is 1. The molecule has 2 aromatic rings. The topological polar surface area (TPSA) is 33.2 Å². The maximum atomic E-state index is 11.7. The van der Waals surface area contributed by atoms with Crippen LogP contribution in [0.5, 0.6) is 0 Å². The highest BCUT2D eigenvalue weighted by Crippen LogP contribution is 2.12. The maximum absolute atomic E-state index is 11.7. The summed E-state index contributed by atoms with van der Waals surface area (Å²) in [5.74, 6) is -0.0687. The van der Waals surface area contributed by atoms with Gasteiger partial charge in [-0.05, 0) is 12.1 Å². The van der Waals surface area contributed by atoms with Gasteiger partial charge < -0.3 is 4.90 Å². The first kappa shape index (κ1) is 9.65. The lowest BCUT2D eigenvalue weighted by atomic mass is 10.2. The number of pyridine rings is 1. The molecule has 0 spiro atoms. The summed E-state index contributed by atoms with van der Waals surface area (Å²) in [6.45, 7) is 0. The summed E-state index contributed by atoms with van der Waals surface area (Å²) in [6, 6.07) is 11.4. The summed E-state index contributed by atoms with van der Waals surface area (Å²) in [5.41, 5.74) is 1.34. The number of fused-ring (bicyclic) bond motifs is 1. The normalized spacial score (nSPS) is 10.3. The van der Waals surface area contributed by atoms with Crippen LogP contribution in [-0.2, 0) is 0 Å². The number of benzene rings is 1. The summed E-state index contributed by atoms with van der Waals surface area (Å²) >= 11 is 0. The zero-order chi connectivity index (χ0) is 10.8. The van der Waals surface area contributed by atoms with Crippen molar-refractivity contribution in [2.45, 2.75) is 0 Å². The minimum Gasteiger partial charge on any atom is -0.343 e. The Bertz CT molecular complexity index is 506.